The average molecular weight is 868 g/mol. The van der Waals surface area contributed by atoms with Crippen molar-refractivity contribution in [3.05, 3.63) is 102 Å². The van der Waals surface area contributed by atoms with Crippen molar-refractivity contribution in [1.29, 1.82) is 0 Å². The van der Waals surface area contributed by atoms with E-state index in [-0.39, 0.29) is 48.9 Å². The van der Waals surface area contributed by atoms with Gasteiger partial charge < -0.3 is 9.67 Å². The maximum absolute atomic E-state index is 11.7. The van der Waals surface area contributed by atoms with Gasteiger partial charge in [-0.05, 0) is 78.7 Å². The fraction of sp³-hybridized carbons (Fsp3) is 0.409. The molecule has 0 saturated heterocycles. The zero-order valence-electron chi connectivity index (χ0n) is 31.4. The molecule has 1 radical (unpaired) electrons. The molecule has 0 aliphatic rings. The molecule has 6 heteroatoms. The van der Waals surface area contributed by atoms with Crippen LogP contribution in [0.1, 0.15) is 98.4 Å². The minimum atomic E-state index is 0. The van der Waals surface area contributed by atoms with Crippen LogP contribution in [0.15, 0.2) is 78.8 Å². The molecule has 3 heterocycles. The standard InChI is InChI=1S/C31H31N2S.C13H24O2.Ir/c1-20(2)15-25-17-23-11-13-32-29(30(23)34-25)22-12-14-33(6)28(19-22)24-16-21-9-7-8-10-26(21)27(18-24)31(3,4)5;1-5-10(6-2)12(14)9-13(15)11(7-3)8-4;/h7-14,17-20H,6,15H2,1-5H3;9-11,14H,5-8H2,1-4H3;/q-1;;/b;12-9-;. The van der Waals surface area contributed by atoms with Gasteiger partial charge in [-0.3, -0.25) is 9.78 Å². The number of carbonyl (C=O) groups excluding carboxylic acids is 1. The van der Waals surface area contributed by atoms with Crippen LogP contribution in [0.2, 0.25) is 0 Å². The molecule has 0 fully saturated rings. The summed E-state index contributed by atoms with van der Waals surface area (Å²) in [5.41, 5.74) is 5.57. The van der Waals surface area contributed by atoms with Crippen LogP contribution in [0.25, 0.3) is 43.4 Å². The molecular formula is C44H55IrN2O2S-. The molecule has 50 heavy (non-hydrogen) atoms. The molecule has 0 amide bonds. The van der Waals surface area contributed by atoms with Crippen LogP contribution >= 0.6 is 11.3 Å². The summed E-state index contributed by atoms with van der Waals surface area (Å²) in [6.45, 7) is 19.4. The van der Waals surface area contributed by atoms with E-state index in [2.05, 4.69) is 102 Å². The number of hydrogen-bond acceptors (Lipinski definition) is 4. The normalized spacial score (nSPS) is 12.0. The fourth-order valence-electron chi connectivity index (χ4n) is 6.40. The number of thiophene rings is 1. The first-order valence-corrected chi connectivity index (χ1v) is 18.8. The van der Waals surface area contributed by atoms with Gasteiger partial charge in [0.05, 0.1) is 22.3 Å². The number of aromatic nitrogens is 2. The third kappa shape index (κ3) is 9.93. The molecule has 0 saturated carbocycles. The second-order valence-electron chi connectivity index (χ2n) is 14.5. The van der Waals surface area contributed by atoms with Gasteiger partial charge in [0.15, 0.2) is 5.78 Å². The van der Waals surface area contributed by atoms with Gasteiger partial charge >= 0.3 is 0 Å². The first-order chi connectivity index (χ1) is 23.3. The monoisotopic (exact) mass is 868 g/mol. The van der Waals surface area contributed by atoms with Gasteiger partial charge in [-0.2, -0.15) is 0 Å². The Labute approximate surface area is 318 Å². The summed E-state index contributed by atoms with van der Waals surface area (Å²) in [5.74, 6) is 1.18. The Bertz CT molecular complexity index is 1910. The van der Waals surface area contributed by atoms with Gasteiger partial charge in [0.25, 0.3) is 0 Å². The van der Waals surface area contributed by atoms with E-state index in [1.807, 2.05) is 56.0 Å². The Kier molecular flexibility index (Phi) is 15.0. The molecule has 269 valence electrons. The minimum Gasteiger partial charge on any atom is -0.512 e. The molecule has 4 nitrogen and oxygen atoms in total. The molecule has 0 aliphatic heterocycles. The van der Waals surface area contributed by atoms with Crippen LogP contribution in [0.5, 0.6) is 0 Å². The predicted molar refractivity (Wildman–Crippen MR) is 209 cm³/mol. The van der Waals surface area contributed by atoms with Crippen LogP contribution in [-0.4, -0.2) is 15.9 Å². The quantitative estimate of drug-likeness (QED) is 0.0623. The number of fused-ring (bicyclic) bond motifs is 2. The maximum atomic E-state index is 11.7. The maximum Gasteiger partial charge on any atom is 0.162 e. The number of carbonyl (C=O) groups is 1. The molecule has 0 aliphatic carbocycles. The topological polar surface area (TPSA) is 54.1 Å². The van der Waals surface area contributed by atoms with Gasteiger partial charge in [-0.15, -0.1) is 40.5 Å². The van der Waals surface area contributed by atoms with Crippen LogP contribution in [-0.2, 0) is 36.7 Å². The third-order valence-corrected chi connectivity index (χ3v) is 10.5. The third-order valence-electron chi connectivity index (χ3n) is 9.34. The summed E-state index contributed by atoms with van der Waals surface area (Å²) in [4.78, 5) is 17.9. The van der Waals surface area contributed by atoms with E-state index >= 15 is 0 Å². The second kappa shape index (κ2) is 18.3. The summed E-state index contributed by atoms with van der Waals surface area (Å²) in [6.07, 6.45) is 9.96. The van der Waals surface area contributed by atoms with Gasteiger partial charge in [0.1, 0.15) is 5.69 Å². The molecule has 1 N–H and O–H groups in total. The van der Waals surface area contributed by atoms with Crippen molar-refractivity contribution in [2.45, 2.75) is 99.8 Å². The number of nitrogens with zero attached hydrogens (tertiary/aromatic N) is 2. The average Bonchev–Trinajstić information content (AvgIpc) is 3.47. The molecule has 5 rings (SSSR count). The summed E-state index contributed by atoms with van der Waals surface area (Å²) < 4.78 is 3.19. The number of ketones is 1. The molecular weight excluding hydrogens is 813 g/mol. The second-order valence-corrected chi connectivity index (χ2v) is 15.7. The molecule has 0 bridgehead atoms. The molecule has 0 atom stereocenters. The van der Waals surface area contributed by atoms with Crippen molar-refractivity contribution in [3.63, 3.8) is 0 Å². The number of pyridine rings is 2. The van der Waals surface area contributed by atoms with Crippen molar-refractivity contribution in [2.75, 3.05) is 0 Å². The van der Waals surface area contributed by atoms with Crippen molar-refractivity contribution in [3.8, 4) is 22.5 Å². The zero-order chi connectivity index (χ0) is 35.9. The Morgan fingerprint density at radius 1 is 0.980 bits per heavy atom. The van der Waals surface area contributed by atoms with Crippen molar-refractivity contribution < 1.29 is 34.6 Å². The Hall–Kier alpha value is -3.31. The van der Waals surface area contributed by atoms with E-state index < -0.39 is 0 Å². The van der Waals surface area contributed by atoms with Crippen molar-refractivity contribution in [2.24, 2.45) is 17.8 Å². The first kappa shape index (κ1) is 41.1. The predicted octanol–water partition coefficient (Wildman–Crippen LogP) is 11.9. The zero-order valence-corrected chi connectivity index (χ0v) is 34.6. The molecule has 0 spiro atoms. The molecule has 3 aromatic heterocycles. The van der Waals surface area contributed by atoms with Crippen LogP contribution < -0.4 is 4.57 Å². The van der Waals surface area contributed by atoms with E-state index in [4.69, 9.17) is 4.98 Å². The van der Waals surface area contributed by atoms with E-state index in [0.717, 1.165) is 60.0 Å². The van der Waals surface area contributed by atoms with E-state index in [9.17, 15) is 9.90 Å². The smallest absolute Gasteiger partial charge is 0.162 e. The van der Waals surface area contributed by atoms with Crippen molar-refractivity contribution in [1.82, 2.24) is 4.98 Å². The molecule has 0 unspecified atom stereocenters. The fourth-order valence-corrected chi connectivity index (χ4v) is 7.78. The van der Waals surface area contributed by atoms with Crippen LogP contribution in [0.4, 0.5) is 0 Å². The van der Waals surface area contributed by atoms with E-state index in [1.54, 1.807) is 0 Å². The van der Waals surface area contributed by atoms with Crippen LogP contribution in [0.3, 0.4) is 0 Å². The van der Waals surface area contributed by atoms with Gasteiger partial charge in [-0.1, -0.05) is 91.5 Å². The number of aliphatic hydroxyl groups excluding tert-OH is 1. The number of hydrogen-bond donors (Lipinski definition) is 1. The Morgan fingerprint density at radius 2 is 1.64 bits per heavy atom. The minimum absolute atomic E-state index is 0. The van der Waals surface area contributed by atoms with Gasteiger partial charge in [0, 0.05) is 56.1 Å². The first-order valence-electron chi connectivity index (χ1n) is 18.0. The van der Waals surface area contributed by atoms with Gasteiger partial charge in [0.2, 0.25) is 0 Å². The summed E-state index contributed by atoms with van der Waals surface area (Å²) in [6, 6.07) is 23.2. The summed E-state index contributed by atoms with van der Waals surface area (Å²) >= 11 is 1.87. The number of aliphatic hydroxyl groups is 1. The Balaban J connectivity index is 0.000000361. The van der Waals surface area contributed by atoms with E-state index in [0.29, 0.717) is 5.92 Å². The number of benzene rings is 2. The van der Waals surface area contributed by atoms with Gasteiger partial charge in [-0.25, -0.2) is 0 Å². The SMILES string of the molecule is CCC(CC)C(=O)/C=C(\O)C(CC)CC.[CH2-][n+]1ccc(-c2nccc3cc(CC(C)C)sc23)cc1-c1[c-]c2ccccc2c(C(C)(C)C)c1.[Ir]. The van der Waals surface area contributed by atoms with E-state index in [1.165, 1.54) is 32.0 Å². The summed E-state index contributed by atoms with van der Waals surface area (Å²) in [5, 5.41) is 13.4. The van der Waals surface area contributed by atoms with Crippen LogP contribution in [0, 0.1) is 30.9 Å². The molecule has 5 aromatic rings. The summed E-state index contributed by atoms with van der Waals surface area (Å²) in [7, 11) is 4.28. The molecule has 2 aromatic carbocycles. The van der Waals surface area contributed by atoms with Crippen molar-refractivity contribution >= 4 is 38.0 Å². The Morgan fingerprint density at radius 3 is 2.26 bits per heavy atom. The number of allylic oxidation sites excluding steroid dienone is 2. The largest absolute Gasteiger partial charge is 0.512 e. The number of rotatable bonds is 11.